The van der Waals surface area contributed by atoms with Crippen molar-refractivity contribution >= 4 is 33.6 Å². The van der Waals surface area contributed by atoms with Gasteiger partial charge < -0.3 is 9.15 Å². The number of hydrogen-bond acceptors (Lipinski definition) is 4. The quantitative estimate of drug-likeness (QED) is 0.495. The normalized spacial score (nSPS) is 22.5. The maximum Gasteiger partial charge on any atom is 0.335 e. The van der Waals surface area contributed by atoms with E-state index in [1.807, 2.05) is 24.3 Å². The third-order valence-corrected chi connectivity index (χ3v) is 5.88. The Kier molecular flexibility index (Phi) is 4.21. The van der Waals surface area contributed by atoms with Gasteiger partial charge in [-0.3, -0.25) is 9.69 Å². The van der Waals surface area contributed by atoms with Gasteiger partial charge in [-0.25, -0.2) is 14.1 Å². The molecule has 0 saturated carbocycles. The first-order chi connectivity index (χ1) is 14.4. The van der Waals surface area contributed by atoms with Gasteiger partial charge in [0.1, 0.15) is 11.6 Å². The Bertz CT molecular complexity index is 1160. The third-order valence-electron chi connectivity index (χ3n) is 5.45. The summed E-state index contributed by atoms with van der Waals surface area (Å²) in [6.07, 6.45) is 0.348. The number of imide groups is 1. The minimum atomic E-state index is -1.05. The number of ether oxygens (including phenoxy) is 1. The van der Waals surface area contributed by atoms with E-state index in [4.69, 9.17) is 9.15 Å². The molecule has 2 aliphatic heterocycles. The number of furan rings is 1. The highest BCUT2D eigenvalue weighted by Crippen LogP contribution is 2.49. The van der Waals surface area contributed by atoms with Crippen LogP contribution in [0.2, 0.25) is 0 Å². The van der Waals surface area contributed by atoms with Crippen molar-refractivity contribution < 1.29 is 23.1 Å². The van der Waals surface area contributed by atoms with Crippen molar-refractivity contribution in [3.05, 3.63) is 82.5 Å². The van der Waals surface area contributed by atoms with Crippen LogP contribution in [0.1, 0.15) is 35.5 Å². The van der Waals surface area contributed by atoms with E-state index in [0.717, 1.165) is 5.56 Å². The Hall–Kier alpha value is -3.13. The second-order valence-electron chi connectivity index (χ2n) is 7.41. The molecule has 0 spiro atoms. The van der Waals surface area contributed by atoms with Crippen molar-refractivity contribution in [2.45, 2.75) is 25.1 Å². The molecule has 152 valence electrons. The summed E-state index contributed by atoms with van der Waals surface area (Å²) in [6, 6.07) is 14.9. The molecular weight excluding hydrogens is 455 g/mol. The van der Waals surface area contributed by atoms with Gasteiger partial charge in [-0.15, -0.1) is 0 Å². The predicted molar refractivity (Wildman–Crippen MR) is 110 cm³/mol. The third kappa shape index (κ3) is 2.82. The summed E-state index contributed by atoms with van der Waals surface area (Å²) in [7, 11) is 0. The number of nitrogens with zero attached hydrogens (tertiary/aromatic N) is 2. The Morgan fingerprint density at radius 1 is 1.13 bits per heavy atom. The summed E-state index contributed by atoms with van der Waals surface area (Å²) < 4.78 is 25.6. The second-order valence-corrected chi connectivity index (χ2v) is 8.19. The average Bonchev–Trinajstić information content (AvgIpc) is 3.15. The molecule has 30 heavy (non-hydrogen) atoms. The fraction of sp³-hybridized carbons (Fsp3) is 0.182. The number of urea groups is 1. The van der Waals surface area contributed by atoms with E-state index in [-0.39, 0.29) is 5.76 Å². The molecule has 0 radical (unpaired) electrons. The lowest BCUT2D eigenvalue weighted by Crippen LogP contribution is -2.67. The molecule has 3 amide bonds. The van der Waals surface area contributed by atoms with Crippen LogP contribution >= 0.6 is 15.9 Å². The predicted octanol–water partition coefficient (Wildman–Crippen LogP) is 5.50. The summed E-state index contributed by atoms with van der Waals surface area (Å²) >= 11 is 3.19. The van der Waals surface area contributed by atoms with E-state index >= 15 is 0 Å². The summed E-state index contributed by atoms with van der Waals surface area (Å²) in [5.74, 6) is -0.341. The van der Waals surface area contributed by atoms with Gasteiger partial charge in [0.15, 0.2) is 16.2 Å². The van der Waals surface area contributed by atoms with Crippen molar-refractivity contribution in [1.82, 2.24) is 4.90 Å². The minimum absolute atomic E-state index is 0.0434. The van der Waals surface area contributed by atoms with Crippen molar-refractivity contribution in [3.63, 3.8) is 0 Å². The summed E-state index contributed by atoms with van der Waals surface area (Å²) in [5, 5.41) is 0. The van der Waals surface area contributed by atoms with Crippen LogP contribution in [0, 0.1) is 5.82 Å². The zero-order valence-electron chi connectivity index (χ0n) is 15.8. The number of rotatable bonds is 2. The van der Waals surface area contributed by atoms with Crippen LogP contribution in [-0.4, -0.2) is 22.6 Å². The van der Waals surface area contributed by atoms with Crippen LogP contribution in [0.25, 0.3) is 0 Å². The molecule has 0 N–H and O–H groups in total. The van der Waals surface area contributed by atoms with Gasteiger partial charge in [0, 0.05) is 17.7 Å². The second kappa shape index (κ2) is 6.70. The first kappa shape index (κ1) is 18.9. The van der Waals surface area contributed by atoms with Gasteiger partial charge in [0.05, 0.1) is 6.04 Å². The molecule has 2 bridgehead atoms. The fourth-order valence-corrected chi connectivity index (χ4v) is 4.46. The largest absolute Gasteiger partial charge is 0.467 e. The molecule has 3 aromatic rings. The van der Waals surface area contributed by atoms with Gasteiger partial charge in [0.25, 0.3) is 5.91 Å². The number of anilines is 1. The Balaban J connectivity index is 1.67. The lowest BCUT2D eigenvalue weighted by atomic mass is 9.88. The van der Waals surface area contributed by atoms with Crippen LogP contribution in [0.5, 0.6) is 5.75 Å². The van der Waals surface area contributed by atoms with E-state index in [2.05, 4.69) is 15.9 Å². The van der Waals surface area contributed by atoms with E-state index in [1.165, 1.54) is 40.1 Å². The van der Waals surface area contributed by atoms with Crippen LogP contribution < -0.4 is 9.64 Å². The average molecular weight is 471 g/mol. The lowest BCUT2D eigenvalue weighted by Gasteiger charge is -2.53. The Morgan fingerprint density at radius 3 is 2.57 bits per heavy atom. The first-order valence-corrected chi connectivity index (χ1v) is 10.1. The number of benzene rings is 2. The highest BCUT2D eigenvalue weighted by atomic mass is 79.9. The van der Waals surface area contributed by atoms with Crippen molar-refractivity contribution in [2.75, 3.05) is 4.90 Å². The Morgan fingerprint density at radius 2 is 1.87 bits per heavy atom. The maximum atomic E-state index is 13.7. The van der Waals surface area contributed by atoms with Gasteiger partial charge in [-0.1, -0.05) is 18.2 Å². The summed E-state index contributed by atoms with van der Waals surface area (Å²) in [4.78, 5) is 29.6. The maximum absolute atomic E-state index is 13.7. The van der Waals surface area contributed by atoms with Crippen LogP contribution in [0.4, 0.5) is 14.9 Å². The van der Waals surface area contributed by atoms with Crippen LogP contribution in [-0.2, 0) is 0 Å². The zero-order valence-corrected chi connectivity index (χ0v) is 17.4. The highest BCUT2D eigenvalue weighted by Gasteiger charge is 2.55. The fourth-order valence-electron chi connectivity index (χ4n) is 4.16. The molecule has 3 heterocycles. The summed E-state index contributed by atoms with van der Waals surface area (Å²) in [5.41, 5.74) is 0.135. The highest BCUT2D eigenvalue weighted by molar-refractivity contribution is 9.10. The number of halogens is 2. The molecule has 2 unspecified atom stereocenters. The molecule has 1 saturated heterocycles. The van der Waals surface area contributed by atoms with Gasteiger partial charge in [-0.05, 0) is 65.3 Å². The first-order valence-electron chi connectivity index (χ1n) is 9.34. The minimum Gasteiger partial charge on any atom is -0.467 e. The van der Waals surface area contributed by atoms with Gasteiger partial charge in [-0.2, -0.15) is 0 Å². The van der Waals surface area contributed by atoms with E-state index < -0.39 is 29.5 Å². The monoisotopic (exact) mass is 470 g/mol. The topological polar surface area (TPSA) is 63.0 Å². The number of carbonyl (C=O) groups excluding carboxylic acids is 2. The standard InChI is InChI=1S/C22H16BrFN2O4/c1-22-12-16(15-4-2-3-5-17(15)30-22)25(20(27)18-10-11-19(23)29-18)21(28)26(22)14-8-6-13(24)7-9-14/h2-11,16H,12H2,1H3. The van der Waals surface area contributed by atoms with Gasteiger partial charge >= 0.3 is 6.03 Å². The van der Waals surface area contributed by atoms with E-state index in [9.17, 15) is 14.0 Å². The molecular formula is C22H16BrFN2O4. The molecule has 0 aliphatic carbocycles. The zero-order chi connectivity index (χ0) is 21.0. The molecule has 8 heteroatoms. The summed E-state index contributed by atoms with van der Waals surface area (Å²) in [6.45, 7) is 1.79. The molecule has 6 nitrogen and oxygen atoms in total. The van der Waals surface area contributed by atoms with Crippen molar-refractivity contribution in [1.29, 1.82) is 0 Å². The van der Waals surface area contributed by atoms with E-state index in [1.54, 1.807) is 13.0 Å². The van der Waals surface area contributed by atoms with Crippen molar-refractivity contribution in [3.8, 4) is 5.75 Å². The Labute approximate surface area is 180 Å². The lowest BCUT2D eigenvalue weighted by molar-refractivity contribution is 0.00169. The molecule has 1 fully saturated rings. The molecule has 2 atom stereocenters. The SMILES string of the molecule is CC12CC(c3ccccc3O1)N(C(=O)c1ccc(Br)o1)C(=O)N2c1ccc(F)cc1. The number of hydrogen-bond donors (Lipinski definition) is 0. The van der Waals surface area contributed by atoms with Crippen LogP contribution in [0.3, 0.4) is 0 Å². The number of carbonyl (C=O) groups is 2. The van der Waals surface area contributed by atoms with Gasteiger partial charge in [0.2, 0.25) is 0 Å². The molecule has 2 aromatic carbocycles. The van der Waals surface area contributed by atoms with E-state index in [0.29, 0.717) is 22.5 Å². The molecule has 1 aromatic heterocycles. The molecule has 5 rings (SSSR count). The van der Waals surface area contributed by atoms with Crippen LogP contribution in [0.15, 0.2) is 69.8 Å². The number of fused-ring (bicyclic) bond motifs is 4. The number of para-hydroxylation sites is 1. The van der Waals surface area contributed by atoms with Crippen molar-refractivity contribution in [2.24, 2.45) is 0 Å². The smallest absolute Gasteiger partial charge is 0.335 e. The number of amides is 3. The molecule has 2 aliphatic rings.